The summed E-state index contributed by atoms with van der Waals surface area (Å²) < 4.78 is 5.33. The molecule has 1 aromatic carbocycles. The summed E-state index contributed by atoms with van der Waals surface area (Å²) >= 11 is 1.41. The minimum absolute atomic E-state index is 0.147. The van der Waals surface area contributed by atoms with Crippen LogP contribution < -0.4 is 5.32 Å². The van der Waals surface area contributed by atoms with Crippen LogP contribution in [0.3, 0.4) is 0 Å². The zero-order chi connectivity index (χ0) is 17.3. The number of fused-ring (bicyclic) bond motifs is 1. The third kappa shape index (κ3) is 3.62. The summed E-state index contributed by atoms with van der Waals surface area (Å²) in [4.78, 5) is 12.3. The molecule has 1 amide bonds. The van der Waals surface area contributed by atoms with Crippen LogP contribution in [0, 0.1) is 19.8 Å². The van der Waals surface area contributed by atoms with Gasteiger partial charge in [0, 0.05) is 11.8 Å². The molecule has 0 aliphatic carbocycles. The van der Waals surface area contributed by atoms with Gasteiger partial charge in [-0.15, -0.1) is 10.2 Å². The summed E-state index contributed by atoms with van der Waals surface area (Å²) in [6.45, 7) is 8.30. The highest BCUT2D eigenvalue weighted by Gasteiger charge is 2.15. The number of rotatable bonds is 5. The first-order valence-corrected chi connectivity index (χ1v) is 8.71. The maximum atomic E-state index is 12.3. The smallest absolute Gasteiger partial charge is 0.232 e. The molecule has 1 N–H and O–H groups in total. The molecular weight excluding hydrogens is 324 g/mol. The summed E-state index contributed by atoms with van der Waals surface area (Å²) in [6.07, 6.45) is 1.01. The number of nitrogens with zero attached hydrogens (tertiary/aromatic N) is 3. The van der Waals surface area contributed by atoms with Gasteiger partial charge >= 0.3 is 0 Å². The first kappa shape index (κ1) is 16.6. The summed E-state index contributed by atoms with van der Waals surface area (Å²) in [5.74, 6) is 0.338. The van der Waals surface area contributed by atoms with E-state index < -0.39 is 0 Å². The zero-order valence-electron chi connectivity index (χ0n) is 14.2. The van der Waals surface area contributed by atoms with Crippen molar-refractivity contribution in [1.82, 2.24) is 15.4 Å². The molecule has 3 rings (SSSR count). The van der Waals surface area contributed by atoms with E-state index in [1.807, 2.05) is 26.0 Å². The number of anilines is 1. The molecule has 0 unspecified atom stereocenters. The highest BCUT2D eigenvalue weighted by Crippen LogP contribution is 2.24. The van der Waals surface area contributed by atoms with Gasteiger partial charge in [-0.2, -0.15) is 0 Å². The fourth-order valence-electron chi connectivity index (χ4n) is 2.42. The standard InChI is InChI=1S/C17H20N4O2S/c1-9(2)5-16-19-20-17(24-16)18-15(22)8-13-12-6-10(3)11(4)7-14(12)23-21-13/h6-7,9H,5,8H2,1-4H3,(H,18,20,22). The number of aromatic nitrogens is 3. The highest BCUT2D eigenvalue weighted by molar-refractivity contribution is 7.15. The van der Waals surface area contributed by atoms with Gasteiger partial charge in [0.25, 0.3) is 0 Å². The van der Waals surface area contributed by atoms with Gasteiger partial charge in [-0.05, 0) is 43.0 Å². The van der Waals surface area contributed by atoms with Gasteiger partial charge in [-0.3, -0.25) is 4.79 Å². The molecule has 2 aromatic heterocycles. The van der Waals surface area contributed by atoms with Crippen LogP contribution in [0.25, 0.3) is 11.0 Å². The minimum atomic E-state index is -0.171. The maximum absolute atomic E-state index is 12.3. The monoisotopic (exact) mass is 344 g/mol. The Morgan fingerprint density at radius 3 is 2.75 bits per heavy atom. The number of carbonyl (C=O) groups excluding carboxylic acids is 1. The van der Waals surface area contributed by atoms with E-state index in [0.29, 0.717) is 22.3 Å². The van der Waals surface area contributed by atoms with Crippen LogP contribution in [-0.4, -0.2) is 21.3 Å². The third-order valence-corrected chi connectivity index (χ3v) is 4.65. The van der Waals surface area contributed by atoms with Crippen LogP contribution in [0.1, 0.15) is 35.7 Å². The largest absolute Gasteiger partial charge is 0.356 e. The van der Waals surface area contributed by atoms with Crippen molar-refractivity contribution in [1.29, 1.82) is 0 Å². The zero-order valence-corrected chi connectivity index (χ0v) is 15.0. The van der Waals surface area contributed by atoms with E-state index in [0.717, 1.165) is 27.9 Å². The molecule has 2 heterocycles. The molecular formula is C17H20N4O2S. The SMILES string of the molecule is Cc1cc2onc(CC(=O)Nc3nnc(CC(C)C)s3)c2cc1C. The molecule has 0 fully saturated rings. The lowest BCUT2D eigenvalue weighted by Crippen LogP contribution is -2.14. The number of hydrogen-bond donors (Lipinski definition) is 1. The Balaban J connectivity index is 1.71. The normalized spacial score (nSPS) is 11.4. The number of benzene rings is 1. The van der Waals surface area contributed by atoms with E-state index >= 15 is 0 Å². The highest BCUT2D eigenvalue weighted by atomic mass is 32.1. The van der Waals surface area contributed by atoms with E-state index in [1.165, 1.54) is 11.3 Å². The van der Waals surface area contributed by atoms with E-state index in [9.17, 15) is 4.79 Å². The Hall–Kier alpha value is -2.28. The molecule has 7 heteroatoms. The van der Waals surface area contributed by atoms with Crippen LogP contribution >= 0.6 is 11.3 Å². The van der Waals surface area contributed by atoms with Gasteiger partial charge in [0.2, 0.25) is 11.0 Å². The average Bonchev–Trinajstić information content (AvgIpc) is 3.07. The number of amides is 1. The van der Waals surface area contributed by atoms with Crippen LogP contribution in [0.5, 0.6) is 0 Å². The molecule has 0 saturated carbocycles. The molecule has 0 aliphatic rings. The molecule has 0 saturated heterocycles. The predicted octanol–water partition coefficient (Wildman–Crippen LogP) is 3.68. The van der Waals surface area contributed by atoms with Gasteiger partial charge in [0.15, 0.2) is 5.58 Å². The minimum Gasteiger partial charge on any atom is -0.356 e. The van der Waals surface area contributed by atoms with Crippen molar-refractivity contribution in [3.8, 4) is 0 Å². The van der Waals surface area contributed by atoms with Crippen LogP contribution in [0.4, 0.5) is 5.13 Å². The first-order chi connectivity index (χ1) is 11.4. The van der Waals surface area contributed by atoms with Gasteiger partial charge in [-0.25, -0.2) is 0 Å². The van der Waals surface area contributed by atoms with Crippen molar-refractivity contribution in [2.24, 2.45) is 5.92 Å². The average molecular weight is 344 g/mol. The van der Waals surface area contributed by atoms with E-state index in [4.69, 9.17) is 4.52 Å². The van der Waals surface area contributed by atoms with Crippen LogP contribution in [0.15, 0.2) is 16.7 Å². The number of nitrogens with one attached hydrogen (secondary N) is 1. The number of carbonyl (C=O) groups is 1. The predicted molar refractivity (Wildman–Crippen MR) is 94.3 cm³/mol. The first-order valence-electron chi connectivity index (χ1n) is 7.90. The molecule has 6 nitrogen and oxygen atoms in total. The Labute approximate surface area is 144 Å². The lowest BCUT2D eigenvalue weighted by molar-refractivity contribution is -0.115. The molecule has 0 bridgehead atoms. The molecule has 126 valence electrons. The van der Waals surface area contributed by atoms with E-state index in [2.05, 4.69) is 34.5 Å². The second-order valence-corrected chi connectivity index (χ2v) is 7.45. The summed E-state index contributed by atoms with van der Waals surface area (Å²) in [7, 11) is 0. The Morgan fingerprint density at radius 1 is 1.25 bits per heavy atom. The van der Waals surface area contributed by atoms with Crippen LogP contribution in [-0.2, 0) is 17.6 Å². The summed E-state index contributed by atoms with van der Waals surface area (Å²) in [5.41, 5.74) is 3.63. The van der Waals surface area contributed by atoms with Gasteiger partial charge in [0.1, 0.15) is 10.7 Å². The second-order valence-electron chi connectivity index (χ2n) is 6.39. The van der Waals surface area contributed by atoms with E-state index in [-0.39, 0.29) is 12.3 Å². The van der Waals surface area contributed by atoms with Gasteiger partial charge in [-0.1, -0.05) is 30.3 Å². The van der Waals surface area contributed by atoms with Gasteiger partial charge < -0.3 is 9.84 Å². The third-order valence-electron chi connectivity index (χ3n) is 3.79. The van der Waals surface area contributed by atoms with Gasteiger partial charge in [0.05, 0.1) is 6.42 Å². The quantitative estimate of drug-likeness (QED) is 0.763. The molecule has 0 atom stereocenters. The van der Waals surface area contributed by atoms with Crippen molar-refractivity contribution in [2.75, 3.05) is 5.32 Å². The topological polar surface area (TPSA) is 80.9 Å². The Kier molecular flexibility index (Phi) is 4.62. The fraction of sp³-hybridized carbons (Fsp3) is 0.412. The number of aryl methyl sites for hydroxylation is 2. The fourth-order valence-corrected chi connectivity index (χ4v) is 3.39. The number of hydrogen-bond acceptors (Lipinski definition) is 6. The molecule has 0 radical (unpaired) electrons. The molecule has 24 heavy (non-hydrogen) atoms. The maximum Gasteiger partial charge on any atom is 0.232 e. The van der Waals surface area contributed by atoms with Crippen molar-refractivity contribution in [2.45, 2.75) is 40.5 Å². The van der Waals surface area contributed by atoms with Crippen molar-refractivity contribution in [3.63, 3.8) is 0 Å². The van der Waals surface area contributed by atoms with Crippen molar-refractivity contribution in [3.05, 3.63) is 34.0 Å². The molecule has 0 spiro atoms. The molecule has 3 aromatic rings. The van der Waals surface area contributed by atoms with Crippen LogP contribution in [0.2, 0.25) is 0 Å². The summed E-state index contributed by atoms with van der Waals surface area (Å²) in [6, 6.07) is 3.96. The van der Waals surface area contributed by atoms with Crippen molar-refractivity contribution >= 4 is 33.3 Å². The van der Waals surface area contributed by atoms with Crippen molar-refractivity contribution < 1.29 is 9.32 Å². The lowest BCUT2D eigenvalue weighted by atomic mass is 10.1. The summed E-state index contributed by atoms with van der Waals surface area (Å²) in [5, 5.41) is 17.3. The Morgan fingerprint density at radius 2 is 2.00 bits per heavy atom. The second kappa shape index (κ2) is 6.68. The Bertz CT molecular complexity index is 882. The molecule has 0 aliphatic heterocycles. The lowest BCUT2D eigenvalue weighted by Gasteiger charge is -2.01. The van der Waals surface area contributed by atoms with E-state index in [1.54, 1.807) is 0 Å².